The lowest BCUT2D eigenvalue weighted by molar-refractivity contribution is 0.0256. The lowest BCUT2D eigenvalue weighted by Crippen LogP contribution is -2.32. The summed E-state index contributed by atoms with van der Waals surface area (Å²) < 4.78 is 28.4. The van der Waals surface area contributed by atoms with Crippen molar-refractivity contribution in [2.45, 2.75) is 12.3 Å². The van der Waals surface area contributed by atoms with Gasteiger partial charge < -0.3 is 10.3 Å². The summed E-state index contributed by atoms with van der Waals surface area (Å²) >= 11 is 0. The van der Waals surface area contributed by atoms with Crippen LogP contribution < -0.4 is 15.3 Å². The van der Waals surface area contributed by atoms with Gasteiger partial charge in [-0.25, -0.2) is 23.4 Å². The molecule has 0 unspecified atom stereocenters. The highest BCUT2D eigenvalue weighted by Crippen LogP contribution is 2.30. The molecule has 0 aliphatic carbocycles. The zero-order valence-electron chi connectivity index (χ0n) is 12.1. The largest absolute Gasteiger partial charge is 0.350 e. The van der Waals surface area contributed by atoms with Crippen LogP contribution in [0.4, 0.5) is 20.4 Å². The molecule has 0 spiro atoms. The highest BCUT2D eigenvalue weighted by Gasteiger charge is 2.38. The molecule has 2 aliphatic rings. The quantitative estimate of drug-likeness (QED) is 0.894. The molecule has 1 fully saturated rings. The first-order chi connectivity index (χ1) is 11.1. The molecule has 1 N–H and O–H groups in total. The third-order valence-corrected chi connectivity index (χ3v) is 3.83. The van der Waals surface area contributed by atoms with Crippen LogP contribution in [0, 0.1) is 0 Å². The molecular formula is C13H14F2N8. The van der Waals surface area contributed by atoms with E-state index < -0.39 is 5.92 Å². The number of nitrogens with one attached hydrogen (secondary N) is 1. The maximum absolute atomic E-state index is 13.4. The minimum absolute atomic E-state index is 0.147. The third kappa shape index (κ3) is 2.67. The molecule has 8 nitrogen and oxygen atoms in total. The summed E-state index contributed by atoms with van der Waals surface area (Å²) in [6.45, 7) is 0.509. The van der Waals surface area contributed by atoms with Crippen molar-refractivity contribution in [2.24, 2.45) is 0 Å². The van der Waals surface area contributed by atoms with Crippen LogP contribution >= 0.6 is 0 Å². The molecule has 0 saturated carbocycles. The predicted molar refractivity (Wildman–Crippen MR) is 78.6 cm³/mol. The Bertz CT molecular complexity index is 729. The van der Waals surface area contributed by atoms with E-state index in [4.69, 9.17) is 0 Å². The second kappa shape index (κ2) is 5.14. The topological polar surface area (TPSA) is 75.0 Å². The van der Waals surface area contributed by atoms with Gasteiger partial charge in [0, 0.05) is 25.2 Å². The van der Waals surface area contributed by atoms with E-state index in [1.165, 1.54) is 6.33 Å². The smallest absolute Gasteiger partial charge is 0.266 e. The minimum Gasteiger partial charge on any atom is -0.350 e. The van der Waals surface area contributed by atoms with E-state index in [0.717, 1.165) is 5.70 Å². The van der Waals surface area contributed by atoms with Gasteiger partial charge in [-0.3, -0.25) is 5.01 Å². The van der Waals surface area contributed by atoms with Gasteiger partial charge >= 0.3 is 0 Å². The fourth-order valence-electron chi connectivity index (χ4n) is 2.64. The van der Waals surface area contributed by atoms with Crippen molar-refractivity contribution < 1.29 is 8.78 Å². The summed E-state index contributed by atoms with van der Waals surface area (Å²) in [5, 5.41) is 9.49. The summed E-state index contributed by atoms with van der Waals surface area (Å²) in [5.41, 5.74) is 3.97. The molecule has 2 aliphatic heterocycles. The van der Waals surface area contributed by atoms with E-state index in [0.29, 0.717) is 24.7 Å². The average molecular weight is 320 g/mol. The minimum atomic E-state index is -2.65. The fraction of sp³-hybridized carbons (Fsp3) is 0.385. The summed E-state index contributed by atoms with van der Waals surface area (Å²) in [5.74, 6) is -1.54. The number of aromatic nitrogens is 5. The van der Waals surface area contributed by atoms with Crippen molar-refractivity contribution in [1.82, 2.24) is 30.4 Å². The van der Waals surface area contributed by atoms with Gasteiger partial charge in [0.15, 0.2) is 5.82 Å². The number of halogens is 2. The first kappa shape index (κ1) is 13.9. The normalized spacial score (nSPS) is 19.8. The summed E-state index contributed by atoms with van der Waals surface area (Å²) in [6, 6.07) is 1.70. The Hall–Kier alpha value is -2.78. The van der Waals surface area contributed by atoms with Gasteiger partial charge in [0.25, 0.3) is 5.92 Å². The number of hydrogen-bond acceptors (Lipinski definition) is 7. The Morgan fingerprint density at radius 3 is 2.83 bits per heavy atom. The molecule has 2 aromatic rings. The Morgan fingerprint density at radius 2 is 2.09 bits per heavy atom. The van der Waals surface area contributed by atoms with Crippen molar-refractivity contribution in [2.75, 3.05) is 29.5 Å². The molecule has 4 rings (SSSR count). The Balaban J connectivity index is 1.50. The zero-order valence-corrected chi connectivity index (χ0v) is 12.1. The lowest BCUT2D eigenvalue weighted by atomic mass is 10.3. The van der Waals surface area contributed by atoms with Crippen LogP contribution in [0.5, 0.6) is 0 Å². The van der Waals surface area contributed by atoms with Gasteiger partial charge in [0.1, 0.15) is 12.1 Å². The first-order valence-electron chi connectivity index (χ1n) is 7.15. The number of anilines is 2. The van der Waals surface area contributed by atoms with Gasteiger partial charge in [-0.1, -0.05) is 5.21 Å². The number of hydrogen-bond donors (Lipinski definition) is 1. The molecule has 0 radical (unpaired) electrons. The van der Waals surface area contributed by atoms with Crippen LogP contribution in [0.25, 0.3) is 5.70 Å². The first-order valence-corrected chi connectivity index (χ1v) is 7.15. The molecule has 23 heavy (non-hydrogen) atoms. The molecule has 0 aromatic carbocycles. The Morgan fingerprint density at radius 1 is 1.22 bits per heavy atom. The van der Waals surface area contributed by atoms with Crippen LogP contribution in [-0.2, 0) is 0 Å². The van der Waals surface area contributed by atoms with E-state index in [-0.39, 0.29) is 13.0 Å². The van der Waals surface area contributed by atoms with Gasteiger partial charge in [-0.15, -0.1) is 5.10 Å². The number of rotatable bonds is 3. The number of nitrogens with zero attached hydrogens (tertiary/aromatic N) is 7. The maximum atomic E-state index is 13.4. The summed E-state index contributed by atoms with van der Waals surface area (Å²) in [4.78, 5) is 9.89. The molecular weight excluding hydrogens is 306 g/mol. The number of alkyl halides is 2. The maximum Gasteiger partial charge on any atom is 0.266 e. The molecule has 2 aromatic heterocycles. The zero-order chi connectivity index (χ0) is 15.9. The van der Waals surface area contributed by atoms with Crippen LogP contribution in [-0.4, -0.2) is 50.5 Å². The molecule has 0 amide bonds. The fourth-order valence-corrected chi connectivity index (χ4v) is 2.64. The number of hydrazine groups is 1. The lowest BCUT2D eigenvalue weighted by Gasteiger charge is -2.21. The van der Waals surface area contributed by atoms with E-state index in [9.17, 15) is 8.78 Å². The Kier molecular flexibility index (Phi) is 3.10. The standard InChI is InChI=1S/C13H14F2N8/c14-13(15)1-3-21(8-13)11-5-12(17-9-16-11)23-7-10(6-19-23)22-4-2-18-20-22/h2,4-6,9,19H,1,3,7-8H2. The van der Waals surface area contributed by atoms with Gasteiger partial charge in [-0.2, -0.15) is 0 Å². The molecule has 1 saturated heterocycles. The predicted octanol–water partition coefficient (Wildman–Crippen LogP) is 0.737. The summed E-state index contributed by atoms with van der Waals surface area (Å²) in [7, 11) is 0. The highest BCUT2D eigenvalue weighted by molar-refractivity contribution is 5.59. The van der Waals surface area contributed by atoms with Crippen molar-refractivity contribution in [1.29, 1.82) is 0 Å². The van der Waals surface area contributed by atoms with Crippen molar-refractivity contribution >= 4 is 17.3 Å². The van der Waals surface area contributed by atoms with Crippen LogP contribution in [0.2, 0.25) is 0 Å². The highest BCUT2D eigenvalue weighted by atomic mass is 19.3. The second-order valence-corrected chi connectivity index (χ2v) is 5.46. The monoisotopic (exact) mass is 320 g/mol. The molecule has 4 heterocycles. The van der Waals surface area contributed by atoms with Gasteiger partial charge in [0.2, 0.25) is 0 Å². The molecule has 0 atom stereocenters. The van der Waals surface area contributed by atoms with E-state index in [2.05, 4.69) is 25.7 Å². The van der Waals surface area contributed by atoms with Crippen molar-refractivity contribution in [3.8, 4) is 0 Å². The van der Waals surface area contributed by atoms with Crippen LogP contribution in [0.3, 0.4) is 0 Å². The van der Waals surface area contributed by atoms with E-state index >= 15 is 0 Å². The van der Waals surface area contributed by atoms with Gasteiger partial charge in [-0.05, 0) is 0 Å². The molecule has 0 bridgehead atoms. The van der Waals surface area contributed by atoms with Crippen molar-refractivity contribution in [3.63, 3.8) is 0 Å². The molecule has 120 valence electrons. The SMILES string of the molecule is FC1(F)CCN(c2cc(N3CC(n4ccnn4)=CN3)ncn2)C1. The summed E-state index contributed by atoms with van der Waals surface area (Å²) in [6.07, 6.45) is 6.37. The molecule has 10 heteroatoms. The Labute approximate surface area is 130 Å². The van der Waals surface area contributed by atoms with Crippen molar-refractivity contribution in [3.05, 3.63) is 31.0 Å². The third-order valence-electron chi connectivity index (χ3n) is 3.83. The van der Waals surface area contributed by atoms with Crippen LogP contribution in [0.1, 0.15) is 6.42 Å². The second-order valence-electron chi connectivity index (χ2n) is 5.46. The van der Waals surface area contributed by atoms with Crippen LogP contribution in [0.15, 0.2) is 31.0 Å². The van der Waals surface area contributed by atoms with Gasteiger partial charge in [0.05, 0.1) is 31.2 Å². The van der Waals surface area contributed by atoms with E-state index in [1.54, 1.807) is 39.3 Å². The van der Waals surface area contributed by atoms with E-state index in [1.807, 2.05) is 0 Å². The average Bonchev–Trinajstić information content (AvgIpc) is 3.27.